The van der Waals surface area contributed by atoms with Gasteiger partial charge in [-0.1, -0.05) is 42.5 Å². The molecule has 0 aromatic heterocycles. The van der Waals surface area contributed by atoms with Crippen LogP contribution in [0.5, 0.6) is 11.5 Å². The summed E-state index contributed by atoms with van der Waals surface area (Å²) in [5.41, 5.74) is 4.37. The van der Waals surface area contributed by atoms with Crippen molar-refractivity contribution < 1.29 is 28.9 Å². The molecule has 0 heterocycles. The molecule has 0 saturated heterocycles. The largest absolute Gasteiger partial charge is 0.507 e. The Hall–Kier alpha value is -3.80. The summed E-state index contributed by atoms with van der Waals surface area (Å²) in [5, 5.41) is 10.7. The summed E-state index contributed by atoms with van der Waals surface area (Å²) in [4.78, 5) is 23.7. The molecule has 0 aliphatic heterocycles. The van der Waals surface area contributed by atoms with Crippen molar-refractivity contribution in [1.29, 1.82) is 0 Å². The lowest BCUT2D eigenvalue weighted by molar-refractivity contribution is -0.144. The summed E-state index contributed by atoms with van der Waals surface area (Å²) >= 11 is 0. The molecular weight excluding hydrogens is 456 g/mol. The Morgan fingerprint density at radius 3 is 1.89 bits per heavy atom. The fourth-order valence-corrected chi connectivity index (χ4v) is 3.91. The second kappa shape index (κ2) is 13.9. The zero-order chi connectivity index (χ0) is 25.8. The number of hydrogen-bond acceptors (Lipinski definition) is 6. The van der Waals surface area contributed by atoms with Crippen molar-refractivity contribution >= 4 is 11.9 Å². The fraction of sp³-hybridized carbons (Fsp3) is 0.333. The highest BCUT2D eigenvalue weighted by molar-refractivity contribution is 5.77. The second-order valence-electron chi connectivity index (χ2n) is 8.38. The van der Waals surface area contributed by atoms with Crippen molar-refractivity contribution in [1.82, 2.24) is 0 Å². The normalized spacial score (nSPS) is 10.6. The van der Waals surface area contributed by atoms with Gasteiger partial charge in [-0.25, -0.2) is 0 Å². The van der Waals surface area contributed by atoms with Crippen LogP contribution in [0.2, 0.25) is 0 Å². The van der Waals surface area contributed by atoms with Gasteiger partial charge in [-0.05, 0) is 67.6 Å². The predicted molar refractivity (Wildman–Crippen MR) is 139 cm³/mol. The highest BCUT2D eigenvalue weighted by Gasteiger charge is 2.15. The van der Waals surface area contributed by atoms with Crippen molar-refractivity contribution in [2.24, 2.45) is 0 Å². The molecule has 6 nitrogen and oxygen atoms in total. The number of aromatic hydroxyl groups is 1. The van der Waals surface area contributed by atoms with Gasteiger partial charge in [0, 0.05) is 30.4 Å². The van der Waals surface area contributed by atoms with E-state index in [0.29, 0.717) is 44.0 Å². The topological polar surface area (TPSA) is 82.1 Å². The van der Waals surface area contributed by atoms with E-state index in [9.17, 15) is 14.7 Å². The molecule has 190 valence electrons. The van der Waals surface area contributed by atoms with Gasteiger partial charge in [0.05, 0.1) is 19.8 Å². The molecule has 0 atom stereocenters. The first kappa shape index (κ1) is 26.8. The smallest absolute Gasteiger partial charge is 0.306 e. The van der Waals surface area contributed by atoms with Crippen molar-refractivity contribution in [3.63, 3.8) is 0 Å². The van der Waals surface area contributed by atoms with Gasteiger partial charge in [0.1, 0.15) is 11.5 Å². The molecule has 0 aliphatic rings. The number of rotatable bonds is 13. The zero-order valence-corrected chi connectivity index (χ0v) is 21.0. The third-order valence-electron chi connectivity index (χ3n) is 5.73. The molecule has 3 aromatic rings. The van der Waals surface area contributed by atoms with Crippen LogP contribution in [0, 0.1) is 0 Å². The minimum absolute atomic E-state index is 0.116. The van der Waals surface area contributed by atoms with E-state index in [4.69, 9.17) is 14.2 Å². The average Bonchev–Trinajstić information content (AvgIpc) is 2.88. The van der Waals surface area contributed by atoms with E-state index in [0.717, 1.165) is 23.1 Å². The zero-order valence-electron chi connectivity index (χ0n) is 21.0. The van der Waals surface area contributed by atoms with E-state index < -0.39 is 0 Å². The lowest BCUT2D eigenvalue weighted by Crippen LogP contribution is -2.06. The predicted octanol–water partition coefficient (Wildman–Crippen LogP) is 5.67. The van der Waals surface area contributed by atoms with Gasteiger partial charge in [0.25, 0.3) is 0 Å². The van der Waals surface area contributed by atoms with Crippen LogP contribution >= 0.6 is 0 Å². The Kier molecular flexibility index (Phi) is 10.4. The van der Waals surface area contributed by atoms with Crippen LogP contribution in [-0.4, -0.2) is 36.9 Å². The highest BCUT2D eigenvalue weighted by Crippen LogP contribution is 2.38. The van der Waals surface area contributed by atoms with Crippen molar-refractivity contribution in [2.45, 2.75) is 46.0 Å². The second-order valence-corrected chi connectivity index (χ2v) is 8.38. The third-order valence-corrected chi connectivity index (χ3v) is 5.73. The van der Waals surface area contributed by atoms with Gasteiger partial charge >= 0.3 is 11.9 Å². The van der Waals surface area contributed by atoms with Gasteiger partial charge in [-0.3, -0.25) is 9.59 Å². The maximum absolute atomic E-state index is 11.9. The van der Waals surface area contributed by atoms with Gasteiger partial charge in [-0.15, -0.1) is 0 Å². The van der Waals surface area contributed by atoms with E-state index >= 15 is 0 Å². The molecule has 3 aromatic carbocycles. The lowest BCUT2D eigenvalue weighted by atomic mass is 9.96. The lowest BCUT2D eigenvalue weighted by Gasteiger charge is -2.16. The molecule has 1 N–H and O–H groups in total. The van der Waals surface area contributed by atoms with E-state index in [1.165, 1.54) is 5.56 Å². The molecule has 0 saturated carbocycles. The van der Waals surface area contributed by atoms with E-state index in [-0.39, 0.29) is 30.5 Å². The summed E-state index contributed by atoms with van der Waals surface area (Å²) in [5.74, 6) is 0.262. The summed E-state index contributed by atoms with van der Waals surface area (Å²) in [6.45, 7) is 4.75. The number of esters is 2. The number of carbonyl (C=O) groups excluding carboxylic acids is 2. The van der Waals surface area contributed by atoms with Gasteiger partial charge in [0.15, 0.2) is 0 Å². The number of phenols is 1. The molecule has 36 heavy (non-hydrogen) atoms. The number of aryl methyl sites for hydroxylation is 2. The summed E-state index contributed by atoms with van der Waals surface area (Å²) in [6, 6.07) is 21.2. The van der Waals surface area contributed by atoms with Gasteiger partial charge in [0.2, 0.25) is 0 Å². The average molecular weight is 491 g/mol. The quantitative estimate of drug-likeness (QED) is 0.311. The van der Waals surface area contributed by atoms with Crippen molar-refractivity contribution in [3.8, 4) is 22.6 Å². The Morgan fingerprint density at radius 1 is 0.694 bits per heavy atom. The summed E-state index contributed by atoms with van der Waals surface area (Å²) < 4.78 is 16.3. The number of carbonyl (C=O) groups is 2. The Balaban J connectivity index is 1.85. The summed E-state index contributed by atoms with van der Waals surface area (Å²) in [7, 11) is 0. The molecule has 0 bridgehead atoms. The maximum Gasteiger partial charge on any atom is 0.306 e. The van der Waals surface area contributed by atoms with Crippen LogP contribution in [0.3, 0.4) is 0 Å². The molecule has 0 fully saturated rings. The molecule has 0 radical (unpaired) electrons. The molecule has 0 unspecified atom stereocenters. The molecule has 0 amide bonds. The van der Waals surface area contributed by atoms with Crippen LogP contribution in [0.4, 0.5) is 0 Å². The van der Waals surface area contributed by atoms with Gasteiger partial charge < -0.3 is 19.3 Å². The summed E-state index contributed by atoms with van der Waals surface area (Å²) in [6.07, 6.45) is 2.29. The first-order chi connectivity index (χ1) is 17.5. The molecule has 6 heteroatoms. The number of phenolic OH excluding ortho intramolecular Hbond substituents is 1. The minimum atomic E-state index is -0.252. The van der Waals surface area contributed by atoms with Crippen molar-refractivity contribution in [3.05, 3.63) is 83.4 Å². The van der Waals surface area contributed by atoms with E-state index in [1.54, 1.807) is 26.0 Å². The molecule has 3 rings (SSSR count). The van der Waals surface area contributed by atoms with Crippen LogP contribution in [0.1, 0.15) is 43.4 Å². The Morgan fingerprint density at radius 2 is 1.28 bits per heavy atom. The van der Waals surface area contributed by atoms with Crippen LogP contribution in [0.15, 0.2) is 66.7 Å². The Bertz CT molecular complexity index is 1140. The van der Waals surface area contributed by atoms with Crippen LogP contribution in [0.25, 0.3) is 11.1 Å². The highest BCUT2D eigenvalue weighted by atomic mass is 16.5. The fourth-order valence-electron chi connectivity index (χ4n) is 3.91. The first-order valence-corrected chi connectivity index (χ1v) is 12.4. The third kappa shape index (κ3) is 8.15. The van der Waals surface area contributed by atoms with E-state index in [2.05, 4.69) is 12.1 Å². The first-order valence-electron chi connectivity index (χ1n) is 12.4. The van der Waals surface area contributed by atoms with Crippen molar-refractivity contribution in [2.75, 3.05) is 19.8 Å². The monoisotopic (exact) mass is 490 g/mol. The molecule has 0 aliphatic carbocycles. The molecule has 0 spiro atoms. The molecular formula is C30H34O6. The SMILES string of the molecule is CCOC(=O)CCc1ccc(O)c(-c2cc(CCC(=O)OCC)ccc2OCCc2ccccc2)c1. The maximum atomic E-state index is 11.9. The van der Waals surface area contributed by atoms with Crippen LogP contribution in [-0.2, 0) is 38.3 Å². The van der Waals surface area contributed by atoms with Gasteiger partial charge in [-0.2, -0.15) is 0 Å². The number of ether oxygens (including phenoxy) is 3. The van der Waals surface area contributed by atoms with Crippen LogP contribution < -0.4 is 4.74 Å². The van der Waals surface area contributed by atoms with E-state index in [1.807, 2.05) is 42.5 Å². The minimum Gasteiger partial charge on any atom is -0.507 e. The standard InChI is InChI=1S/C30H34O6/c1-3-34-29(32)16-12-23-10-14-27(31)25(20-23)26-21-24(13-17-30(33)35-4-2)11-15-28(26)36-19-18-22-8-6-5-7-9-22/h5-11,14-15,20-21,31H,3-4,12-13,16-19H2,1-2H3. The number of hydrogen-bond donors (Lipinski definition) is 1. The Labute approximate surface area is 212 Å². The number of benzene rings is 3.